The fourth-order valence-corrected chi connectivity index (χ4v) is 4.14. The fraction of sp³-hybridized carbons (Fsp3) is 0.524. The maximum atomic E-state index is 12.4. The summed E-state index contributed by atoms with van der Waals surface area (Å²) in [4.78, 5) is 37.2. The standard InChI is InChI=1S/C21H29N3O3S/c1-15(2)20(26)23-12-17-5-4-6-18(11-17)21(27)22-7-8-24-9-10-28-19(13-24)16(3)14-25/h4-6,11,15,19H,7-10,12-13H2,1-3H3,(H,22,27)(H,23,26)/t19-/m0/s1. The molecule has 1 heterocycles. The number of nitrogens with zero attached hydrogens (tertiary/aromatic N) is 1. The molecule has 0 aliphatic carbocycles. The maximum absolute atomic E-state index is 12.4. The lowest BCUT2D eigenvalue weighted by molar-refractivity contribution is -0.124. The molecule has 2 N–H and O–H groups in total. The van der Waals surface area contributed by atoms with E-state index in [9.17, 15) is 14.4 Å². The van der Waals surface area contributed by atoms with Crippen LogP contribution in [0.3, 0.4) is 0 Å². The maximum Gasteiger partial charge on any atom is 0.251 e. The molecule has 1 saturated heterocycles. The lowest BCUT2D eigenvalue weighted by Crippen LogP contribution is -2.42. The average Bonchev–Trinajstić information content (AvgIpc) is 2.71. The SMILES string of the molecule is CC(=C=O)[C@@H]1CN(CCNC(=O)c2cccc(CNC(=O)C(C)C)c2)CCS1. The van der Waals surface area contributed by atoms with Crippen LogP contribution in [0.25, 0.3) is 0 Å². The van der Waals surface area contributed by atoms with Gasteiger partial charge in [0, 0.05) is 60.8 Å². The Bertz CT molecular complexity index is 744. The third-order valence-corrected chi connectivity index (χ3v) is 6.01. The van der Waals surface area contributed by atoms with Gasteiger partial charge in [0.25, 0.3) is 5.91 Å². The van der Waals surface area contributed by atoms with Gasteiger partial charge in [-0.1, -0.05) is 26.0 Å². The highest BCUT2D eigenvalue weighted by atomic mass is 32.2. The largest absolute Gasteiger partial charge is 0.352 e. The lowest BCUT2D eigenvalue weighted by Gasteiger charge is -2.31. The molecule has 0 spiro atoms. The van der Waals surface area contributed by atoms with Gasteiger partial charge in [0.2, 0.25) is 5.91 Å². The summed E-state index contributed by atoms with van der Waals surface area (Å²) in [7, 11) is 0. The van der Waals surface area contributed by atoms with E-state index in [1.54, 1.807) is 17.8 Å². The Balaban J connectivity index is 1.80. The Labute approximate surface area is 171 Å². The molecule has 1 atom stereocenters. The summed E-state index contributed by atoms with van der Waals surface area (Å²) in [6.45, 7) is 8.99. The van der Waals surface area contributed by atoms with E-state index in [-0.39, 0.29) is 23.0 Å². The van der Waals surface area contributed by atoms with Gasteiger partial charge < -0.3 is 10.6 Å². The molecule has 0 radical (unpaired) electrons. The zero-order valence-electron chi connectivity index (χ0n) is 16.8. The minimum Gasteiger partial charge on any atom is -0.352 e. The molecule has 0 bridgehead atoms. The van der Waals surface area contributed by atoms with E-state index in [1.807, 2.05) is 44.9 Å². The van der Waals surface area contributed by atoms with Gasteiger partial charge in [-0.2, -0.15) is 11.8 Å². The number of carbonyl (C=O) groups excluding carboxylic acids is 3. The molecule has 0 saturated carbocycles. The predicted molar refractivity (Wildman–Crippen MR) is 113 cm³/mol. The van der Waals surface area contributed by atoms with Gasteiger partial charge in [-0.3, -0.25) is 14.5 Å². The van der Waals surface area contributed by atoms with E-state index in [1.165, 1.54) is 0 Å². The molecule has 152 valence electrons. The minimum atomic E-state index is -0.121. The number of benzene rings is 1. The van der Waals surface area contributed by atoms with E-state index in [4.69, 9.17) is 0 Å². The number of nitrogens with one attached hydrogen (secondary N) is 2. The van der Waals surface area contributed by atoms with Crippen LogP contribution >= 0.6 is 11.8 Å². The van der Waals surface area contributed by atoms with E-state index < -0.39 is 0 Å². The summed E-state index contributed by atoms with van der Waals surface area (Å²) in [5, 5.41) is 6.01. The van der Waals surface area contributed by atoms with Gasteiger partial charge in [0.1, 0.15) is 5.94 Å². The highest BCUT2D eigenvalue weighted by Crippen LogP contribution is 2.23. The van der Waals surface area contributed by atoms with Gasteiger partial charge >= 0.3 is 0 Å². The van der Waals surface area contributed by atoms with E-state index in [0.717, 1.165) is 36.5 Å². The summed E-state index contributed by atoms with van der Waals surface area (Å²) >= 11 is 1.79. The Morgan fingerprint density at radius 2 is 2.11 bits per heavy atom. The van der Waals surface area contributed by atoms with Gasteiger partial charge in [0.15, 0.2) is 0 Å². The number of amides is 2. The Hall–Kier alpha value is -2.08. The number of thioether (sulfide) groups is 1. The zero-order valence-corrected chi connectivity index (χ0v) is 17.6. The fourth-order valence-electron chi connectivity index (χ4n) is 2.88. The molecule has 6 nitrogen and oxygen atoms in total. The molecule has 1 aliphatic heterocycles. The van der Waals surface area contributed by atoms with E-state index in [0.29, 0.717) is 18.7 Å². The highest BCUT2D eigenvalue weighted by Gasteiger charge is 2.22. The van der Waals surface area contributed by atoms with Crippen LogP contribution in [-0.4, -0.2) is 59.8 Å². The summed E-state index contributed by atoms with van der Waals surface area (Å²) < 4.78 is 0. The van der Waals surface area contributed by atoms with Crippen molar-refractivity contribution >= 4 is 29.5 Å². The minimum absolute atomic E-state index is 0.00693. The summed E-state index contributed by atoms with van der Waals surface area (Å²) in [6.07, 6.45) is 0. The topological polar surface area (TPSA) is 78.5 Å². The van der Waals surface area contributed by atoms with Crippen molar-refractivity contribution < 1.29 is 14.4 Å². The molecule has 0 unspecified atom stereocenters. The van der Waals surface area contributed by atoms with Crippen molar-refractivity contribution in [1.82, 2.24) is 15.5 Å². The van der Waals surface area contributed by atoms with Gasteiger partial charge in [-0.15, -0.1) is 0 Å². The van der Waals surface area contributed by atoms with Crippen LogP contribution in [0, 0.1) is 5.92 Å². The highest BCUT2D eigenvalue weighted by molar-refractivity contribution is 8.00. The van der Waals surface area contributed by atoms with Crippen LogP contribution in [-0.2, 0) is 16.1 Å². The lowest BCUT2D eigenvalue weighted by atomic mass is 10.1. The second-order valence-corrected chi connectivity index (χ2v) is 8.58. The quantitative estimate of drug-likeness (QED) is 0.648. The van der Waals surface area contributed by atoms with Gasteiger partial charge in [-0.05, 0) is 24.6 Å². The number of hydrogen-bond donors (Lipinski definition) is 2. The smallest absolute Gasteiger partial charge is 0.251 e. The van der Waals surface area contributed by atoms with Crippen LogP contribution in [0.1, 0.15) is 36.7 Å². The normalized spacial score (nSPS) is 17.1. The molecule has 1 aromatic carbocycles. The molecule has 1 aromatic rings. The van der Waals surface area contributed by atoms with Crippen molar-refractivity contribution in [1.29, 1.82) is 0 Å². The predicted octanol–water partition coefficient (Wildman–Crippen LogP) is 1.88. The summed E-state index contributed by atoms with van der Waals surface area (Å²) in [5.74, 6) is 2.78. The molecular weight excluding hydrogens is 374 g/mol. The van der Waals surface area contributed by atoms with Crippen molar-refractivity contribution in [3.8, 4) is 0 Å². The zero-order chi connectivity index (χ0) is 20.5. The molecule has 28 heavy (non-hydrogen) atoms. The van der Waals surface area contributed by atoms with Crippen molar-refractivity contribution in [2.45, 2.75) is 32.6 Å². The van der Waals surface area contributed by atoms with Crippen molar-refractivity contribution in [3.05, 3.63) is 41.0 Å². The Morgan fingerprint density at radius 1 is 1.32 bits per heavy atom. The van der Waals surface area contributed by atoms with Crippen LogP contribution in [0.15, 0.2) is 29.8 Å². The summed E-state index contributed by atoms with van der Waals surface area (Å²) in [5.41, 5.74) is 2.23. The third-order valence-electron chi connectivity index (χ3n) is 4.69. The Morgan fingerprint density at radius 3 is 2.82 bits per heavy atom. The molecular formula is C21H29N3O3S. The number of rotatable bonds is 8. The van der Waals surface area contributed by atoms with Crippen molar-refractivity contribution in [3.63, 3.8) is 0 Å². The molecule has 2 rings (SSSR count). The summed E-state index contributed by atoms with van der Waals surface area (Å²) in [6, 6.07) is 7.30. The van der Waals surface area contributed by atoms with Gasteiger partial charge in [0.05, 0.1) is 0 Å². The molecule has 7 heteroatoms. The first-order chi connectivity index (χ1) is 13.4. The van der Waals surface area contributed by atoms with Crippen LogP contribution < -0.4 is 10.6 Å². The average molecular weight is 404 g/mol. The van der Waals surface area contributed by atoms with Crippen molar-refractivity contribution in [2.24, 2.45) is 5.92 Å². The number of carbonyl (C=O) groups is 2. The second-order valence-electron chi connectivity index (χ2n) is 7.27. The monoisotopic (exact) mass is 403 g/mol. The van der Waals surface area contributed by atoms with Crippen molar-refractivity contribution in [2.75, 3.05) is 31.9 Å². The van der Waals surface area contributed by atoms with E-state index >= 15 is 0 Å². The molecule has 2 amide bonds. The first-order valence-electron chi connectivity index (χ1n) is 9.61. The third kappa shape index (κ3) is 6.82. The van der Waals surface area contributed by atoms with Gasteiger partial charge in [-0.25, -0.2) is 4.79 Å². The Kier molecular flexibility index (Phi) is 8.77. The van der Waals surface area contributed by atoms with Crippen LogP contribution in [0.5, 0.6) is 0 Å². The molecule has 1 fully saturated rings. The second kappa shape index (κ2) is 11.1. The first-order valence-corrected chi connectivity index (χ1v) is 10.7. The molecule has 1 aliphatic rings. The first kappa shape index (κ1) is 22.2. The van der Waals surface area contributed by atoms with Crippen LogP contribution in [0.4, 0.5) is 0 Å². The van der Waals surface area contributed by atoms with E-state index in [2.05, 4.69) is 15.5 Å². The molecule has 0 aromatic heterocycles. The van der Waals surface area contributed by atoms with Crippen LogP contribution in [0.2, 0.25) is 0 Å². The number of hydrogen-bond acceptors (Lipinski definition) is 5.